The van der Waals surface area contributed by atoms with Crippen LogP contribution in [0.3, 0.4) is 0 Å². The van der Waals surface area contributed by atoms with E-state index in [9.17, 15) is 18.5 Å². The first-order valence-electron chi connectivity index (χ1n) is 5.26. The van der Waals surface area contributed by atoms with Gasteiger partial charge in [0, 0.05) is 22.0 Å². The largest absolute Gasteiger partial charge is 0.380 e. The van der Waals surface area contributed by atoms with E-state index in [1.54, 1.807) is 0 Å². The number of anilines is 1. The van der Waals surface area contributed by atoms with Crippen LogP contribution in [0.4, 0.5) is 11.4 Å². The second kappa shape index (κ2) is 6.03. The van der Waals surface area contributed by atoms with Crippen LogP contribution in [0, 0.1) is 10.1 Å². The van der Waals surface area contributed by atoms with Crippen molar-refractivity contribution in [3.8, 4) is 0 Å². The van der Waals surface area contributed by atoms with Crippen molar-refractivity contribution >= 4 is 21.4 Å². The molecule has 0 radical (unpaired) electrons. The molecule has 0 spiro atoms. The molecule has 0 amide bonds. The molecule has 1 aromatic carbocycles. The van der Waals surface area contributed by atoms with Gasteiger partial charge in [0.05, 0.1) is 9.82 Å². The van der Waals surface area contributed by atoms with Gasteiger partial charge in [0.2, 0.25) is 0 Å². The number of hydrogen-bond donors (Lipinski definition) is 1. The molecule has 19 heavy (non-hydrogen) atoms. The number of nitro groups is 1. The minimum Gasteiger partial charge on any atom is -0.380 e. The highest BCUT2D eigenvalue weighted by Crippen LogP contribution is 2.28. The van der Waals surface area contributed by atoms with Gasteiger partial charge in [-0.1, -0.05) is 6.92 Å². The summed E-state index contributed by atoms with van der Waals surface area (Å²) in [6.45, 7) is 2.41. The van der Waals surface area contributed by atoms with Crippen molar-refractivity contribution in [2.24, 2.45) is 4.52 Å². The van der Waals surface area contributed by atoms with Crippen molar-refractivity contribution in [1.82, 2.24) is 0 Å². The highest BCUT2D eigenvalue weighted by molar-refractivity contribution is 7.90. The molecule has 0 saturated heterocycles. The average molecular weight is 285 g/mol. The van der Waals surface area contributed by atoms with E-state index in [2.05, 4.69) is 14.7 Å². The zero-order valence-corrected chi connectivity index (χ0v) is 10.8. The lowest BCUT2D eigenvalue weighted by atomic mass is 10.2. The molecule has 9 nitrogen and oxygen atoms in total. The molecule has 1 aromatic rings. The first-order valence-corrected chi connectivity index (χ1v) is 6.70. The number of nitro benzene ring substituents is 1. The van der Waals surface area contributed by atoms with Gasteiger partial charge in [-0.15, -0.1) is 0 Å². The Kier molecular flexibility index (Phi) is 4.67. The number of benzene rings is 1. The van der Waals surface area contributed by atoms with Gasteiger partial charge in [-0.3, -0.25) is 10.1 Å². The standard InChI is InChI=1S/C9H11N5O4S/c1-2-5-11-8-4-3-7(6-9(8)14(15)16)19(17,18)13-12-10/h3-4,6,11H,2,5H2,1H3. The van der Waals surface area contributed by atoms with Crippen LogP contribution in [-0.2, 0) is 10.0 Å². The minimum atomic E-state index is -4.23. The van der Waals surface area contributed by atoms with E-state index in [4.69, 9.17) is 5.53 Å². The number of nitrogens with zero attached hydrogens (tertiary/aromatic N) is 4. The molecule has 0 aliphatic rings. The average Bonchev–Trinajstić information content (AvgIpc) is 2.35. The van der Waals surface area contributed by atoms with Crippen LogP contribution in [0.5, 0.6) is 0 Å². The minimum absolute atomic E-state index is 0.215. The van der Waals surface area contributed by atoms with E-state index in [1.165, 1.54) is 6.07 Å². The maximum atomic E-state index is 11.5. The van der Waals surface area contributed by atoms with Crippen LogP contribution in [0.2, 0.25) is 0 Å². The maximum Gasteiger partial charge on any atom is 0.293 e. The van der Waals surface area contributed by atoms with Gasteiger partial charge in [-0.25, -0.2) is 8.42 Å². The fraction of sp³-hybridized carbons (Fsp3) is 0.333. The zero-order chi connectivity index (χ0) is 14.5. The summed E-state index contributed by atoms with van der Waals surface area (Å²) in [4.78, 5) is 12.0. The first-order chi connectivity index (χ1) is 8.92. The normalized spacial score (nSPS) is 10.6. The molecule has 0 fully saturated rings. The molecule has 1 N–H and O–H groups in total. The predicted molar refractivity (Wildman–Crippen MR) is 68.2 cm³/mol. The summed E-state index contributed by atoms with van der Waals surface area (Å²) >= 11 is 0. The lowest BCUT2D eigenvalue weighted by Crippen LogP contribution is -2.05. The Hall–Kier alpha value is -2.32. The second-order valence-electron chi connectivity index (χ2n) is 3.51. The Morgan fingerprint density at radius 1 is 1.53 bits per heavy atom. The summed E-state index contributed by atoms with van der Waals surface area (Å²) in [6, 6.07) is 3.28. The van der Waals surface area contributed by atoms with Gasteiger partial charge < -0.3 is 5.32 Å². The maximum absolute atomic E-state index is 11.5. The highest BCUT2D eigenvalue weighted by atomic mass is 32.2. The van der Waals surface area contributed by atoms with Crippen LogP contribution in [-0.4, -0.2) is 19.9 Å². The predicted octanol–water partition coefficient (Wildman–Crippen LogP) is 2.42. The fourth-order valence-corrected chi connectivity index (χ4v) is 2.02. The van der Waals surface area contributed by atoms with Crippen LogP contribution in [0.1, 0.15) is 13.3 Å². The van der Waals surface area contributed by atoms with Crippen molar-refractivity contribution in [3.63, 3.8) is 0 Å². The molecule has 0 saturated carbocycles. The Labute approximate surface area is 109 Å². The molecule has 0 aromatic heterocycles. The van der Waals surface area contributed by atoms with E-state index < -0.39 is 19.8 Å². The monoisotopic (exact) mass is 285 g/mol. The van der Waals surface area contributed by atoms with Gasteiger partial charge in [-0.05, 0) is 24.1 Å². The second-order valence-corrected chi connectivity index (χ2v) is 5.09. The van der Waals surface area contributed by atoms with E-state index in [0.717, 1.165) is 18.6 Å². The van der Waals surface area contributed by atoms with E-state index in [-0.39, 0.29) is 11.4 Å². The number of rotatable bonds is 6. The summed E-state index contributed by atoms with van der Waals surface area (Å²) in [5.41, 5.74) is 7.97. The molecule has 0 heterocycles. The molecule has 1 rings (SSSR count). The smallest absolute Gasteiger partial charge is 0.293 e. The van der Waals surface area contributed by atoms with Crippen LogP contribution < -0.4 is 5.32 Å². The summed E-state index contributed by atoms with van der Waals surface area (Å²) < 4.78 is 25.6. The van der Waals surface area contributed by atoms with E-state index in [1.807, 2.05) is 6.92 Å². The third-order valence-corrected chi connectivity index (χ3v) is 3.31. The molecular formula is C9H11N5O4S. The topological polar surface area (TPSA) is 138 Å². The molecule has 0 aliphatic carbocycles. The van der Waals surface area contributed by atoms with Crippen molar-refractivity contribution in [2.75, 3.05) is 11.9 Å². The first kappa shape index (κ1) is 14.7. The molecule has 102 valence electrons. The number of nitrogens with one attached hydrogen (secondary N) is 1. The van der Waals surface area contributed by atoms with Gasteiger partial charge in [-0.2, -0.15) is 0 Å². The summed E-state index contributed by atoms with van der Waals surface area (Å²) in [5.74, 6) is 0. The Morgan fingerprint density at radius 2 is 2.21 bits per heavy atom. The van der Waals surface area contributed by atoms with E-state index >= 15 is 0 Å². The zero-order valence-electron chi connectivity index (χ0n) is 9.98. The summed E-state index contributed by atoms with van der Waals surface area (Å²) in [6.07, 6.45) is 0.760. The van der Waals surface area contributed by atoms with Crippen LogP contribution in [0.15, 0.2) is 27.6 Å². The van der Waals surface area contributed by atoms with Crippen molar-refractivity contribution in [3.05, 3.63) is 38.8 Å². The van der Waals surface area contributed by atoms with Gasteiger partial charge in [0.15, 0.2) is 0 Å². The Morgan fingerprint density at radius 3 is 2.74 bits per heavy atom. The fourth-order valence-electron chi connectivity index (χ4n) is 1.33. The lowest BCUT2D eigenvalue weighted by molar-refractivity contribution is -0.384. The molecule has 0 aliphatic heterocycles. The third-order valence-electron chi connectivity index (χ3n) is 2.17. The Balaban J connectivity index is 3.31. The molecular weight excluding hydrogens is 274 g/mol. The number of sulfonamides is 1. The number of hydrogen-bond acceptors (Lipinski definition) is 5. The van der Waals surface area contributed by atoms with Crippen molar-refractivity contribution in [2.45, 2.75) is 18.2 Å². The summed E-state index contributed by atoms with van der Waals surface area (Å²) in [5, 5.41) is 13.7. The highest BCUT2D eigenvalue weighted by Gasteiger charge is 2.20. The van der Waals surface area contributed by atoms with E-state index in [0.29, 0.717) is 6.54 Å². The Bertz CT molecular complexity index is 636. The molecule has 0 unspecified atom stereocenters. The van der Waals surface area contributed by atoms with Gasteiger partial charge >= 0.3 is 0 Å². The molecule has 0 bridgehead atoms. The summed E-state index contributed by atoms with van der Waals surface area (Å²) in [7, 11) is -4.23. The SMILES string of the molecule is CCCNc1ccc(S(=O)(=O)N=[N+]=[N-])cc1[N+](=O)[O-]. The van der Waals surface area contributed by atoms with Gasteiger partial charge in [0.1, 0.15) is 5.69 Å². The van der Waals surface area contributed by atoms with Crippen molar-refractivity contribution < 1.29 is 13.3 Å². The molecule has 0 atom stereocenters. The van der Waals surface area contributed by atoms with Crippen molar-refractivity contribution in [1.29, 1.82) is 0 Å². The third kappa shape index (κ3) is 3.57. The number of azide groups is 1. The molecule has 10 heteroatoms. The van der Waals surface area contributed by atoms with Gasteiger partial charge in [0.25, 0.3) is 15.7 Å². The van der Waals surface area contributed by atoms with Crippen LogP contribution in [0.25, 0.3) is 10.4 Å². The lowest BCUT2D eigenvalue weighted by Gasteiger charge is -2.06. The quantitative estimate of drug-likeness (QED) is 0.281. The van der Waals surface area contributed by atoms with Crippen LogP contribution >= 0.6 is 0 Å².